The lowest BCUT2D eigenvalue weighted by Gasteiger charge is -2.30. The van der Waals surface area contributed by atoms with Gasteiger partial charge in [-0.3, -0.25) is 4.79 Å². The Morgan fingerprint density at radius 3 is 3.05 bits per heavy atom. The van der Waals surface area contributed by atoms with Crippen LogP contribution in [-0.2, 0) is 4.74 Å². The van der Waals surface area contributed by atoms with Gasteiger partial charge < -0.3 is 15.0 Å². The van der Waals surface area contributed by atoms with Crippen molar-refractivity contribution in [3.8, 4) is 0 Å². The van der Waals surface area contributed by atoms with E-state index in [9.17, 15) is 4.79 Å². The van der Waals surface area contributed by atoms with Crippen molar-refractivity contribution in [3.63, 3.8) is 0 Å². The second kappa shape index (κ2) is 4.85. The minimum absolute atomic E-state index is 0.00271. The lowest BCUT2D eigenvalue weighted by molar-refractivity contribution is 0.0828. The van der Waals surface area contributed by atoms with Crippen molar-refractivity contribution in [2.45, 2.75) is 18.9 Å². The van der Waals surface area contributed by atoms with Gasteiger partial charge in [0.25, 0.3) is 5.91 Å². The molecule has 1 N–H and O–H groups in total. The highest BCUT2D eigenvalue weighted by Gasteiger charge is 2.33. The van der Waals surface area contributed by atoms with Crippen LogP contribution in [0.25, 0.3) is 0 Å². The Morgan fingerprint density at radius 1 is 1.53 bits per heavy atom. The van der Waals surface area contributed by atoms with E-state index in [1.165, 1.54) is 0 Å². The number of fused-ring (bicyclic) bond motifs is 1. The Balaban J connectivity index is 1.91. The van der Waals surface area contributed by atoms with Crippen LogP contribution in [0, 0.1) is 5.92 Å². The summed E-state index contributed by atoms with van der Waals surface area (Å²) in [4.78, 5) is 13.7. The van der Waals surface area contributed by atoms with Gasteiger partial charge in [0.2, 0.25) is 0 Å². The molecule has 1 aromatic rings. The summed E-state index contributed by atoms with van der Waals surface area (Å²) in [5.41, 5.74) is 0.661. The summed E-state index contributed by atoms with van der Waals surface area (Å²) in [6, 6.07) is 0.350. The second-order valence-corrected chi connectivity index (χ2v) is 5.46. The Kier molecular flexibility index (Phi) is 3.18. The van der Waals surface area contributed by atoms with Gasteiger partial charge in [-0.2, -0.15) is 5.10 Å². The molecule has 2 aliphatic rings. The number of carbonyl (C=O) groups excluding carboxylic acids is 1. The number of anilines is 1. The van der Waals surface area contributed by atoms with Crippen LogP contribution < -0.4 is 5.32 Å². The van der Waals surface area contributed by atoms with Crippen molar-refractivity contribution < 1.29 is 9.53 Å². The lowest BCUT2D eigenvalue weighted by Crippen LogP contribution is -2.31. The molecule has 0 saturated carbocycles. The first-order valence-corrected chi connectivity index (χ1v) is 6.79. The Hall–Kier alpha value is -1.56. The molecule has 19 heavy (non-hydrogen) atoms. The third-order valence-electron chi connectivity index (χ3n) is 3.99. The third-order valence-corrected chi connectivity index (χ3v) is 3.99. The van der Waals surface area contributed by atoms with Crippen molar-refractivity contribution in [1.29, 1.82) is 0 Å². The Bertz CT molecular complexity index is 477. The molecule has 2 unspecified atom stereocenters. The van der Waals surface area contributed by atoms with Crippen LogP contribution in [0.3, 0.4) is 0 Å². The number of ether oxygens (including phenoxy) is 1. The molecule has 0 bridgehead atoms. The molecule has 2 aliphatic heterocycles. The average Bonchev–Trinajstić information content (AvgIpc) is 3.06. The summed E-state index contributed by atoms with van der Waals surface area (Å²) in [5, 5.41) is 7.75. The fourth-order valence-corrected chi connectivity index (χ4v) is 2.94. The molecule has 2 atom stereocenters. The van der Waals surface area contributed by atoms with E-state index in [-0.39, 0.29) is 5.91 Å². The number of carbonyl (C=O) groups is 1. The molecular formula is C13H20N4O2. The largest absolute Gasteiger partial charge is 0.381 e. The van der Waals surface area contributed by atoms with E-state index in [2.05, 4.69) is 10.4 Å². The van der Waals surface area contributed by atoms with E-state index < -0.39 is 0 Å². The summed E-state index contributed by atoms with van der Waals surface area (Å²) >= 11 is 0. The Morgan fingerprint density at radius 2 is 2.37 bits per heavy atom. The van der Waals surface area contributed by atoms with Gasteiger partial charge in [-0.1, -0.05) is 0 Å². The molecule has 3 heterocycles. The van der Waals surface area contributed by atoms with Gasteiger partial charge in [0, 0.05) is 33.2 Å². The van der Waals surface area contributed by atoms with Crippen LogP contribution in [0.4, 0.5) is 5.82 Å². The second-order valence-electron chi connectivity index (χ2n) is 5.46. The van der Waals surface area contributed by atoms with Gasteiger partial charge in [0.05, 0.1) is 18.8 Å². The van der Waals surface area contributed by atoms with Crippen molar-refractivity contribution >= 4 is 11.7 Å². The van der Waals surface area contributed by atoms with Crippen LogP contribution in [0.5, 0.6) is 0 Å². The van der Waals surface area contributed by atoms with E-state index in [0.29, 0.717) is 17.5 Å². The molecule has 0 radical (unpaired) electrons. The van der Waals surface area contributed by atoms with Gasteiger partial charge in [0.1, 0.15) is 11.4 Å². The summed E-state index contributed by atoms with van der Waals surface area (Å²) in [7, 11) is 3.52. The standard InChI is InChI=1S/C13H20N4O2/c1-16(2)13(18)10-7-15-17-11(3-5-14-12(10)17)9-4-6-19-8-9/h7,9,11,14H,3-6,8H2,1-2H3. The molecule has 1 amide bonds. The van der Waals surface area contributed by atoms with E-state index in [1.54, 1.807) is 25.2 Å². The quantitative estimate of drug-likeness (QED) is 0.865. The van der Waals surface area contributed by atoms with Gasteiger partial charge in [-0.25, -0.2) is 4.68 Å². The third kappa shape index (κ3) is 2.10. The molecule has 104 valence electrons. The van der Waals surface area contributed by atoms with Gasteiger partial charge in [-0.15, -0.1) is 0 Å². The zero-order chi connectivity index (χ0) is 13.4. The lowest BCUT2D eigenvalue weighted by atomic mass is 9.95. The van der Waals surface area contributed by atoms with Gasteiger partial charge >= 0.3 is 0 Å². The zero-order valence-electron chi connectivity index (χ0n) is 11.4. The number of hydrogen-bond acceptors (Lipinski definition) is 4. The van der Waals surface area contributed by atoms with Crippen LogP contribution in [0.2, 0.25) is 0 Å². The van der Waals surface area contributed by atoms with E-state index in [1.807, 2.05) is 4.68 Å². The van der Waals surface area contributed by atoms with Crippen molar-refractivity contribution in [1.82, 2.24) is 14.7 Å². The molecule has 0 aliphatic carbocycles. The molecule has 1 saturated heterocycles. The Labute approximate surface area is 112 Å². The number of rotatable bonds is 2. The molecule has 3 rings (SSSR count). The fraction of sp³-hybridized carbons (Fsp3) is 0.692. The maximum absolute atomic E-state index is 12.1. The van der Waals surface area contributed by atoms with Crippen molar-refractivity contribution in [2.75, 3.05) is 39.2 Å². The monoisotopic (exact) mass is 264 g/mol. The van der Waals surface area contributed by atoms with Crippen LogP contribution >= 0.6 is 0 Å². The SMILES string of the molecule is CN(C)C(=O)c1cnn2c1NCCC2C1CCOC1. The topological polar surface area (TPSA) is 59.4 Å². The highest BCUT2D eigenvalue weighted by Crippen LogP contribution is 2.35. The van der Waals surface area contributed by atoms with E-state index in [4.69, 9.17) is 4.74 Å². The van der Waals surface area contributed by atoms with Crippen LogP contribution in [0.1, 0.15) is 29.2 Å². The fourth-order valence-electron chi connectivity index (χ4n) is 2.94. The number of aromatic nitrogens is 2. The zero-order valence-corrected chi connectivity index (χ0v) is 11.4. The minimum atomic E-state index is -0.00271. The summed E-state index contributed by atoms with van der Waals surface area (Å²) in [6.45, 7) is 2.54. The summed E-state index contributed by atoms with van der Waals surface area (Å²) < 4.78 is 7.47. The smallest absolute Gasteiger partial charge is 0.258 e. The molecule has 1 aromatic heterocycles. The molecule has 6 heteroatoms. The van der Waals surface area contributed by atoms with E-state index >= 15 is 0 Å². The highest BCUT2D eigenvalue weighted by atomic mass is 16.5. The minimum Gasteiger partial charge on any atom is -0.381 e. The van der Waals surface area contributed by atoms with Crippen molar-refractivity contribution in [3.05, 3.63) is 11.8 Å². The molecule has 0 aromatic carbocycles. The summed E-state index contributed by atoms with van der Waals surface area (Å²) in [6.07, 6.45) is 3.80. The number of nitrogens with zero attached hydrogens (tertiary/aromatic N) is 3. The highest BCUT2D eigenvalue weighted by molar-refractivity contribution is 5.98. The molecular weight excluding hydrogens is 244 g/mol. The molecule has 1 fully saturated rings. The van der Waals surface area contributed by atoms with Gasteiger partial charge in [0.15, 0.2) is 0 Å². The predicted octanol–water partition coefficient (Wildman–Crippen LogP) is 0.978. The first-order chi connectivity index (χ1) is 9.18. The predicted molar refractivity (Wildman–Crippen MR) is 71.3 cm³/mol. The number of nitrogens with one attached hydrogen (secondary N) is 1. The van der Waals surface area contributed by atoms with Crippen LogP contribution in [0.15, 0.2) is 6.20 Å². The van der Waals surface area contributed by atoms with Crippen LogP contribution in [-0.4, -0.2) is 54.4 Å². The number of amides is 1. The maximum Gasteiger partial charge on any atom is 0.258 e. The summed E-state index contributed by atoms with van der Waals surface area (Å²) in [5.74, 6) is 1.38. The first kappa shape index (κ1) is 12.5. The molecule has 0 spiro atoms. The van der Waals surface area contributed by atoms with E-state index in [0.717, 1.165) is 38.4 Å². The average molecular weight is 264 g/mol. The molecule has 6 nitrogen and oxygen atoms in total. The normalized spacial score (nSPS) is 25.8. The first-order valence-electron chi connectivity index (χ1n) is 6.79. The van der Waals surface area contributed by atoms with Gasteiger partial charge in [-0.05, 0) is 12.8 Å². The maximum atomic E-state index is 12.1. The van der Waals surface area contributed by atoms with Crippen molar-refractivity contribution in [2.24, 2.45) is 5.92 Å². The number of hydrogen-bond donors (Lipinski definition) is 1.